The number of fused-ring (bicyclic) bond motifs is 1. The molecule has 5 rings (SSSR count). The Labute approximate surface area is 193 Å². The second kappa shape index (κ2) is 8.63. The van der Waals surface area contributed by atoms with E-state index in [0.29, 0.717) is 22.3 Å². The molecular weight excluding hydrogens is 439 g/mol. The van der Waals surface area contributed by atoms with Crippen LogP contribution in [0.3, 0.4) is 0 Å². The maximum atomic E-state index is 13.6. The standard InChI is InChI=1S/C25H19FN4O2S/c1-15-3-8-21-18(13-22(31)32-23(21)16(15)2)14-33-25-29-28-24(17-9-11-27-12-10-17)30(25)20-6-4-19(26)5-7-20/h3-13H,14H2,1-2H3. The lowest BCUT2D eigenvalue weighted by atomic mass is 10.0. The van der Waals surface area contributed by atoms with Gasteiger partial charge in [-0.05, 0) is 66.9 Å². The molecule has 0 N–H and O–H groups in total. The van der Waals surface area contributed by atoms with Crippen LogP contribution in [0.5, 0.6) is 0 Å². The zero-order chi connectivity index (χ0) is 22.9. The first-order chi connectivity index (χ1) is 16.0. The molecule has 0 unspecified atom stereocenters. The minimum atomic E-state index is -0.385. The van der Waals surface area contributed by atoms with Crippen LogP contribution >= 0.6 is 11.8 Å². The van der Waals surface area contributed by atoms with Gasteiger partial charge in [-0.25, -0.2) is 9.18 Å². The largest absolute Gasteiger partial charge is 0.422 e. The minimum absolute atomic E-state index is 0.320. The molecule has 0 saturated carbocycles. The second-order valence-corrected chi connectivity index (χ2v) is 8.56. The number of aromatic nitrogens is 4. The SMILES string of the molecule is Cc1ccc2c(CSc3nnc(-c4ccncc4)n3-c3ccc(F)cc3)cc(=O)oc2c1C. The number of hydrogen-bond acceptors (Lipinski definition) is 6. The van der Waals surface area contributed by atoms with Gasteiger partial charge in [0.2, 0.25) is 0 Å². The molecule has 3 heterocycles. The van der Waals surface area contributed by atoms with Gasteiger partial charge in [0.05, 0.1) is 0 Å². The van der Waals surface area contributed by atoms with Crippen molar-refractivity contribution in [1.82, 2.24) is 19.7 Å². The monoisotopic (exact) mass is 458 g/mol. The van der Waals surface area contributed by atoms with Crippen molar-refractivity contribution in [1.29, 1.82) is 0 Å². The third-order valence-electron chi connectivity index (χ3n) is 5.53. The minimum Gasteiger partial charge on any atom is -0.422 e. The molecule has 0 bridgehead atoms. The molecule has 164 valence electrons. The Balaban J connectivity index is 1.57. The predicted octanol–water partition coefficient (Wildman–Crippen LogP) is 5.48. The first kappa shape index (κ1) is 21.1. The Kier molecular flexibility index (Phi) is 5.51. The van der Waals surface area contributed by atoms with Gasteiger partial charge in [0.25, 0.3) is 0 Å². The van der Waals surface area contributed by atoms with Crippen LogP contribution in [-0.2, 0) is 5.75 Å². The normalized spacial score (nSPS) is 11.2. The highest BCUT2D eigenvalue weighted by molar-refractivity contribution is 7.98. The summed E-state index contributed by atoms with van der Waals surface area (Å²) in [7, 11) is 0. The van der Waals surface area contributed by atoms with Crippen molar-refractivity contribution in [2.45, 2.75) is 24.8 Å². The van der Waals surface area contributed by atoms with Gasteiger partial charge in [0, 0.05) is 40.8 Å². The molecule has 0 spiro atoms. The molecule has 2 aromatic carbocycles. The number of thioether (sulfide) groups is 1. The lowest BCUT2D eigenvalue weighted by Crippen LogP contribution is -2.03. The molecule has 0 amide bonds. The maximum Gasteiger partial charge on any atom is 0.336 e. The van der Waals surface area contributed by atoms with Gasteiger partial charge < -0.3 is 4.42 Å². The third-order valence-corrected chi connectivity index (χ3v) is 6.51. The van der Waals surface area contributed by atoms with E-state index in [1.54, 1.807) is 24.5 Å². The van der Waals surface area contributed by atoms with Gasteiger partial charge in [-0.15, -0.1) is 10.2 Å². The van der Waals surface area contributed by atoms with Crippen LogP contribution in [-0.4, -0.2) is 19.7 Å². The Morgan fingerprint density at radius 3 is 2.52 bits per heavy atom. The van der Waals surface area contributed by atoms with Crippen LogP contribution in [0.25, 0.3) is 28.0 Å². The summed E-state index contributed by atoms with van der Waals surface area (Å²) in [6, 6.07) is 15.4. The molecule has 33 heavy (non-hydrogen) atoms. The van der Waals surface area contributed by atoms with Crippen LogP contribution < -0.4 is 5.63 Å². The van der Waals surface area contributed by atoms with Crippen molar-refractivity contribution >= 4 is 22.7 Å². The molecule has 5 aromatic rings. The van der Waals surface area contributed by atoms with Crippen LogP contribution in [0.2, 0.25) is 0 Å². The Bertz CT molecular complexity index is 1510. The van der Waals surface area contributed by atoms with E-state index in [0.717, 1.165) is 33.3 Å². The smallest absolute Gasteiger partial charge is 0.336 e. The number of halogens is 1. The molecule has 0 atom stereocenters. The second-order valence-electron chi connectivity index (χ2n) is 7.62. The fourth-order valence-electron chi connectivity index (χ4n) is 3.66. The molecular formula is C25H19FN4O2S. The van der Waals surface area contributed by atoms with E-state index >= 15 is 0 Å². The number of hydrogen-bond donors (Lipinski definition) is 0. The van der Waals surface area contributed by atoms with Crippen LogP contribution in [0, 0.1) is 19.7 Å². The summed E-state index contributed by atoms with van der Waals surface area (Å²) in [6.45, 7) is 3.94. The molecule has 0 aliphatic carbocycles. The number of nitrogens with zero attached hydrogens (tertiary/aromatic N) is 4. The quantitative estimate of drug-likeness (QED) is 0.256. The van der Waals surface area contributed by atoms with Gasteiger partial charge in [-0.3, -0.25) is 9.55 Å². The van der Waals surface area contributed by atoms with Crippen molar-refractivity contribution in [2.24, 2.45) is 0 Å². The van der Waals surface area contributed by atoms with Crippen LogP contribution in [0.15, 0.2) is 81.4 Å². The average Bonchev–Trinajstić information content (AvgIpc) is 3.25. The topological polar surface area (TPSA) is 73.8 Å². The fourth-order valence-corrected chi connectivity index (χ4v) is 4.60. The van der Waals surface area contributed by atoms with E-state index in [2.05, 4.69) is 15.2 Å². The first-order valence-electron chi connectivity index (χ1n) is 10.3. The number of rotatable bonds is 5. The number of pyridine rings is 1. The lowest BCUT2D eigenvalue weighted by molar-refractivity contribution is 0.557. The van der Waals surface area contributed by atoms with Crippen LogP contribution in [0.1, 0.15) is 16.7 Å². The molecule has 3 aromatic heterocycles. The van der Waals surface area contributed by atoms with E-state index < -0.39 is 0 Å². The molecule has 0 aliphatic heterocycles. The van der Waals surface area contributed by atoms with Gasteiger partial charge in [-0.2, -0.15) is 0 Å². The summed E-state index contributed by atoms with van der Waals surface area (Å²) in [5, 5.41) is 10.3. The van der Waals surface area contributed by atoms with Crippen molar-refractivity contribution in [3.63, 3.8) is 0 Å². The zero-order valence-corrected chi connectivity index (χ0v) is 18.8. The Morgan fingerprint density at radius 2 is 1.76 bits per heavy atom. The van der Waals surface area contributed by atoms with Gasteiger partial charge >= 0.3 is 5.63 Å². The van der Waals surface area contributed by atoms with Crippen molar-refractivity contribution in [3.05, 3.63) is 99.9 Å². The fraction of sp³-hybridized carbons (Fsp3) is 0.120. The summed E-state index contributed by atoms with van der Waals surface area (Å²) in [5.41, 5.74) is 4.66. The van der Waals surface area contributed by atoms with Crippen molar-refractivity contribution in [3.8, 4) is 17.1 Å². The van der Waals surface area contributed by atoms with Gasteiger partial charge in [-0.1, -0.05) is 23.9 Å². The molecule has 0 aliphatic rings. The predicted molar refractivity (Wildman–Crippen MR) is 126 cm³/mol. The highest BCUT2D eigenvalue weighted by Gasteiger charge is 2.18. The molecule has 0 radical (unpaired) electrons. The average molecular weight is 459 g/mol. The third kappa shape index (κ3) is 4.05. The highest BCUT2D eigenvalue weighted by atomic mass is 32.2. The van der Waals surface area contributed by atoms with Crippen molar-refractivity contribution in [2.75, 3.05) is 0 Å². The molecule has 8 heteroatoms. The summed E-state index contributed by atoms with van der Waals surface area (Å²) >= 11 is 1.45. The summed E-state index contributed by atoms with van der Waals surface area (Å²) in [4.78, 5) is 16.3. The number of benzene rings is 2. The summed E-state index contributed by atoms with van der Waals surface area (Å²) < 4.78 is 20.9. The zero-order valence-electron chi connectivity index (χ0n) is 17.9. The van der Waals surface area contributed by atoms with Gasteiger partial charge in [0.15, 0.2) is 11.0 Å². The summed E-state index contributed by atoms with van der Waals surface area (Å²) in [6.07, 6.45) is 3.37. The molecule has 0 fully saturated rings. The number of aryl methyl sites for hydroxylation is 2. The van der Waals surface area contributed by atoms with E-state index in [1.165, 1.54) is 30.0 Å². The lowest BCUT2D eigenvalue weighted by Gasteiger charge is -2.11. The van der Waals surface area contributed by atoms with E-state index in [-0.39, 0.29) is 11.4 Å². The Hall–Kier alpha value is -3.78. The van der Waals surface area contributed by atoms with Gasteiger partial charge in [0.1, 0.15) is 11.4 Å². The van der Waals surface area contributed by atoms with E-state index in [1.807, 2.05) is 42.7 Å². The summed E-state index contributed by atoms with van der Waals surface area (Å²) in [5.74, 6) is 0.787. The first-order valence-corrected chi connectivity index (χ1v) is 11.3. The maximum absolute atomic E-state index is 13.6. The highest BCUT2D eigenvalue weighted by Crippen LogP contribution is 2.32. The van der Waals surface area contributed by atoms with E-state index in [4.69, 9.17) is 4.42 Å². The molecule has 6 nitrogen and oxygen atoms in total. The van der Waals surface area contributed by atoms with Crippen LogP contribution in [0.4, 0.5) is 4.39 Å². The molecule has 0 saturated heterocycles. The van der Waals surface area contributed by atoms with Crippen molar-refractivity contribution < 1.29 is 8.81 Å². The Morgan fingerprint density at radius 1 is 1.00 bits per heavy atom. The van der Waals surface area contributed by atoms with E-state index in [9.17, 15) is 9.18 Å².